The van der Waals surface area contributed by atoms with E-state index in [1.165, 1.54) is 17.6 Å². The van der Waals surface area contributed by atoms with Gasteiger partial charge in [0, 0.05) is 48.0 Å². The van der Waals surface area contributed by atoms with Gasteiger partial charge in [0.2, 0.25) is 5.91 Å². The molecule has 1 saturated heterocycles. The molecule has 29 heavy (non-hydrogen) atoms. The fourth-order valence-corrected chi connectivity index (χ4v) is 4.22. The molecule has 150 valence electrons. The number of aromatic nitrogens is 2. The molecule has 0 atom stereocenters. The maximum atomic E-state index is 12.6. The third-order valence-electron chi connectivity index (χ3n) is 5.04. The highest BCUT2D eigenvalue weighted by Gasteiger charge is 2.25. The Morgan fingerprint density at radius 2 is 2.14 bits per heavy atom. The van der Waals surface area contributed by atoms with Crippen LogP contribution in [0.5, 0.6) is 0 Å². The van der Waals surface area contributed by atoms with Crippen molar-refractivity contribution in [2.75, 3.05) is 13.1 Å². The van der Waals surface area contributed by atoms with Crippen molar-refractivity contribution in [3.8, 4) is 10.6 Å². The zero-order valence-electron chi connectivity index (χ0n) is 16.1. The van der Waals surface area contributed by atoms with Gasteiger partial charge in [-0.2, -0.15) is 0 Å². The molecule has 0 spiro atoms. The average Bonchev–Trinajstić information content (AvgIpc) is 3.38. The maximum absolute atomic E-state index is 12.6. The first kappa shape index (κ1) is 19.3. The molecule has 1 fully saturated rings. The van der Waals surface area contributed by atoms with E-state index in [-0.39, 0.29) is 17.9 Å². The summed E-state index contributed by atoms with van der Waals surface area (Å²) >= 11 is 1.52. The fourth-order valence-electron chi connectivity index (χ4n) is 3.41. The summed E-state index contributed by atoms with van der Waals surface area (Å²) in [5, 5.41) is 5.81. The Morgan fingerprint density at radius 3 is 2.83 bits per heavy atom. The molecule has 0 aliphatic carbocycles. The number of piperidine rings is 1. The van der Waals surface area contributed by atoms with E-state index < -0.39 is 0 Å². The number of amides is 2. The summed E-state index contributed by atoms with van der Waals surface area (Å²) in [7, 11) is 0. The van der Waals surface area contributed by atoms with Gasteiger partial charge in [0.25, 0.3) is 5.91 Å². The topological polar surface area (TPSA) is 88.3 Å². The molecule has 0 aromatic carbocycles. The van der Waals surface area contributed by atoms with Crippen molar-refractivity contribution in [1.82, 2.24) is 20.2 Å². The summed E-state index contributed by atoms with van der Waals surface area (Å²) < 4.78 is 5.24. The third kappa shape index (κ3) is 4.54. The lowest BCUT2D eigenvalue weighted by molar-refractivity contribution is -0.131. The van der Waals surface area contributed by atoms with E-state index in [9.17, 15) is 9.59 Å². The van der Waals surface area contributed by atoms with E-state index in [4.69, 9.17) is 4.42 Å². The van der Waals surface area contributed by atoms with Crippen LogP contribution >= 0.6 is 11.3 Å². The van der Waals surface area contributed by atoms with Crippen molar-refractivity contribution in [3.63, 3.8) is 0 Å². The summed E-state index contributed by atoms with van der Waals surface area (Å²) in [5.74, 6) is 0.235. The molecule has 0 radical (unpaired) electrons. The largest absolute Gasteiger partial charge is 0.459 e. The van der Waals surface area contributed by atoms with Crippen LogP contribution in [-0.2, 0) is 11.2 Å². The number of rotatable bonds is 5. The summed E-state index contributed by atoms with van der Waals surface area (Å²) in [6.45, 7) is 3.10. The SMILES string of the molecule is Cc1ccoc1C(=O)NC1CCN(C(=O)Cc2csc(-c3cccnc3)n2)CC1. The lowest BCUT2D eigenvalue weighted by atomic mass is 10.0. The number of nitrogens with zero attached hydrogens (tertiary/aromatic N) is 3. The Labute approximate surface area is 172 Å². The van der Waals surface area contributed by atoms with Gasteiger partial charge in [-0.05, 0) is 38.0 Å². The van der Waals surface area contributed by atoms with Gasteiger partial charge in [-0.3, -0.25) is 14.6 Å². The molecule has 0 bridgehead atoms. The van der Waals surface area contributed by atoms with Gasteiger partial charge in [-0.25, -0.2) is 4.98 Å². The van der Waals surface area contributed by atoms with Gasteiger partial charge in [0.05, 0.1) is 18.4 Å². The molecule has 3 aromatic rings. The van der Waals surface area contributed by atoms with E-state index in [2.05, 4.69) is 15.3 Å². The molecule has 4 heterocycles. The highest BCUT2D eigenvalue weighted by molar-refractivity contribution is 7.13. The summed E-state index contributed by atoms with van der Waals surface area (Å²) in [6.07, 6.45) is 6.77. The summed E-state index contributed by atoms with van der Waals surface area (Å²) in [6, 6.07) is 5.65. The van der Waals surface area contributed by atoms with E-state index >= 15 is 0 Å². The average molecular weight is 410 g/mol. The molecule has 1 N–H and O–H groups in total. The van der Waals surface area contributed by atoms with Crippen molar-refractivity contribution in [1.29, 1.82) is 0 Å². The quantitative estimate of drug-likeness (QED) is 0.698. The van der Waals surface area contributed by atoms with Gasteiger partial charge in [0.15, 0.2) is 5.76 Å². The standard InChI is InChI=1S/C21H22N4O3S/c1-14-6-10-28-19(14)20(27)23-16-4-8-25(9-5-16)18(26)11-17-13-29-21(24-17)15-3-2-7-22-12-15/h2-3,6-7,10,12-13,16H,4-5,8-9,11H2,1H3,(H,23,27). The predicted octanol–water partition coefficient (Wildman–Crippen LogP) is 3.07. The maximum Gasteiger partial charge on any atom is 0.287 e. The van der Waals surface area contributed by atoms with Crippen LogP contribution in [0.25, 0.3) is 10.6 Å². The summed E-state index contributed by atoms with van der Waals surface area (Å²) in [4.78, 5) is 35.5. The van der Waals surface area contributed by atoms with Crippen molar-refractivity contribution >= 4 is 23.2 Å². The van der Waals surface area contributed by atoms with Crippen LogP contribution < -0.4 is 5.32 Å². The van der Waals surface area contributed by atoms with Crippen LogP contribution in [0.1, 0.15) is 34.7 Å². The van der Waals surface area contributed by atoms with E-state index in [0.717, 1.165) is 34.7 Å². The number of aryl methyl sites for hydroxylation is 1. The molecule has 4 rings (SSSR count). The first-order valence-corrected chi connectivity index (χ1v) is 10.5. The van der Waals surface area contributed by atoms with Crippen molar-refractivity contribution in [2.45, 2.75) is 32.2 Å². The molecular weight excluding hydrogens is 388 g/mol. The second kappa shape index (κ2) is 8.57. The van der Waals surface area contributed by atoms with Gasteiger partial charge >= 0.3 is 0 Å². The first-order chi connectivity index (χ1) is 14.1. The number of hydrogen-bond acceptors (Lipinski definition) is 6. The zero-order valence-corrected chi connectivity index (χ0v) is 16.9. The first-order valence-electron chi connectivity index (χ1n) is 9.57. The van der Waals surface area contributed by atoms with Crippen LogP contribution in [0.4, 0.5) is 0 Å². The van der Waals surface area contributed by atoms with Crippen LogP contribution in [0.15, 0.2) is 46.7 Å². The Kier molecular flexibility index (Phi) is 5.71. The van der Waals surface area contributed by atoms with Gasteiger partial charge < -0.3 is 14.6 Å². The van der Waals surface area contributed by atoms with Crippen molar-refractivity contribution in [3.05, 3.63) is 59.3 Å². The molecular formula is C21H22N4O3S. The fraction of sp³-hybridized carbons (Fsp3) is 0.333. The Bertz CT molecular complexity index is 990. The third-order valence-corrected chi connectivity index (χ3v) is 5.98. The van der Waals surface area contributed by atoms with Gasteiger partial charge in [-0.15, -0.1) is 11.3 Å². The van der Waals surface area contributed by atoms with Crippen molar-refractivity contribution < 1.29 is 14.0 Å². The Morgan fingerprint density at radius 1 is 1.31 bits per heavy atom. The number of pyridine rings is 1. The Hall–Kier alpha value is -3.00. The Balaban J connectivity index is 1.28. The highest BCUT2D eigenvalue weighted by Crippen LogP contribution is 2.23. The number of carbonyl (C=O) groups excluding carboxylic acids is 2. The molecule has 1 aliphatic heterocycles. The minimum atomic E-state index is -0.192. The second-order valence-electron chi connectivity index (χ2n) is 7.12. The van der Waals surface area contributed by atoms with Gasteiger partial charge in [-0.1, -0.05) is 0 Å². The van der Waals surface area contributed by atoms with E-state index in [1.54, 1.807) is 18.5 Å². The van der Waals surface area contributed by atoms with Crippen LogP contribution in [0, 0.1) is 6.92 Å². The normalized spacial score (nSPS) is 14.7. The minimum Gasteiger partial charge on any atom is -0.459 e. The van der Waals surface area contributed by atoms with Gasteiger partial charge in [0.1, 0.15) is 5.01 Å². The van der Waals surface area contributed by atoms with Crippen LogP contribution in [0.2, 0.25) is 0 Å². The van der Waals surface area contributed by atoms with E-state index in [1.807, 2.05) is 29.3 Å². The lowest BCUT2D eigenvalue weighted by Gasteiger charge is -2.32. The molecule has 3 aromatic heterocycles. The van der Waals surface area contributed by atoms with Crippen molar-refractivity contribution in [2.24, 2.45) is 0 Å². The number of hydrogen-bond donors (Lipinski definition) is 1. The smallest absolute Gasteiger partial charge is 0.287 e. The zero-order chi connectivity index (χ0) is 20.2. The monoisotopic (exact) mass is 410 g/mol. The number of thiazole rings is 1. The highest BCUT2D eigenvalue weighted by atomic mass is 32.1. The van der Waals surface area contributed by atoms with Crippen LogP contribution in [-0.4, -0.2) is 45.8 Å². The van der Waals surface area contributed by atoms with Crippen LogP contribution in [0.3, 0.4) is 0 Å². The number of nitrogens with one attached hydrogen (secondary N) is 1. The molecule has 7 nitrogen and oxygen atoms in total. The summed E-state index contributed by atoms with van der Waals surface area (Å²) in [5.41, 5.74) is 2.56. The van der Waals surface area contributed by atoms with E-state index in [0.29, 0.717) is 25.3 Å². The number of furan rings is 1. The minimum absolute atomic E-state index is 0.0486. The predicted molar refractivity (Wildman–Crippen MR) is 110 cm³/mol. The molecule has 8 heteroatoms. The molecule has 0 saturated carbocycles. The molecule has 2 amide bonds. The lowest BCUT2D eigenvalue weighted by Crippen LogP contribution is -2.47. The second-order valence-corrected chi connectivity index (χ2v) is 7.98. The molecule has 0 unspecified atom stereocenters. The number of carbonyl (C=O) groups is 2. The molecule has 1 aliphatic rings. The number of likely N-dealkylation sites (tertiary alicyclic amines) is 1.